The van der Waals surface area contributed by atoms with Crippen LogP contribution in [0.3, 0.4) is 0 Å². The molecule has 0 bridgehead atoms. The lowest BCUT2D eigenvalue weighted by atomic mass is 9.92. The minimum Gasteiger partial charge on any atom is -0.457 e. The van der Waals surface area contributed by atoms with Crippen molar-refractivity contribution in [2.45, 2.75) is 28.2 Å². The summed E-state index contributed by atoms with van der Waals surface area (Å²) in [4.78, 5) is 25.2. The van der Waals surface area contributed by atoms with Crippen molar-refractivity contribution in [3.05, 3.63) is 71.8 Å². The molecule has 2 aromatic rings. The normalized spacial score (nSPS) is 27.9. The Morgan fingerprint density at radius 2 is 1.44 bits per heavy atom. The van der Waals surface area contributed by atoms with Gasteiger partial charge in [-0.15, -0.1) is 0 Å². The van der Waals surface area contributed by atoms with Gasteiger partial charge < -0.3 is 10.1 Å². The van der Waals surface area contributed by atoms with Gasteiger partial charge in [0.25, 0.3) is 5.91 Å². The summed E-state index contributed by atoms with van der Waals surface area (Å²) >= 11 is 7.44. The highest BCUT2D eigenvalue weighted by Gasteiger charge is 2.65. The van der Waals surface area contributed by atoms with E-state index in [0.717, 1.165) is 6.42 Å². The van der Waals surface area contributed by atoms with Gasteiger partial charge >= 0.3 is 5.97 Å². The average molecular weight is 493 g/mol. The topological polar surface area (TPSA) is 55.4 Å². The van der Waals surface area contributed by atoms with Crippen LogP contribution in [0, 0.1) is 11.8 Å². The molecular formula is C21H19Br2NO3. The Bertz CT molecular complexity index is 772. The Kier molecular flexibility index (Phi) is 5.12. The van der Waals surface area contributed by atoms with E-state index in [4.69, 9.17) is 4.74 Å². The minimum absolute atomic E-state index is 0.121. The fourth-order valence-electron chi connectivity index (χ4n) is 3.85. The molecule has 4 rings (SSSR count). The number of hydrogen-bond donors (Lipinski definition) is 1. The van der Waals surface area contributed by atoms with E-state index in [-0.39, 0.29) is 27.3 Å². The first-order valence-electron chi connectivity index (χ1n) is 8.96. The lowest BCUT2D eigenvalue weighted by molar-refractivity contribution is 0.00862. The van der Waals surface area contributed by atoms with Gasteiger partial charge in [-0.1, -0.05) is 68.3 Å². The smallest absolute Gasteiger partial charge is 0.338 e. The number of rotatable bonds is 4. The van der Waals surface area contributed by atoms with Gasteiger partial charge in [0.05, 0.1) is 14.8 Å². The van der Waals surface area contributed by atoms with Crippen LogP contribution in [0.15, 0.2) is 60.7 Å². The highest BCUT2D eigenvalue weighted by molar-refractivity contribution is 9.25. The molecule has 2 aliphatic rings. The molecule has 2 fully saturated rings. The van der Waals surface area contributed by atoms with Crippen molar-refractivity contribution >= 4 is 43.7 Å². The van der Waals surface area contributed by atoms with Crippen molar-refractivity contribution in [2.24, 2.45) is 11.8 Å². The molecule has 27 heavy (non-hydrogen) atoms. The number of carbonyl (C=O) groups is 2. The van der Waals surface area contributed by atoms with Crippen LogP contribution in [0.25, 0.3) is 0 Å². The summed E-state index contributed by atoms with van der Waals surface area (Å²) < 4.78 is 5.70. The number of halogens is 2. The van der Waals surface area contributed by atoms with Crippen LogP contribution in [0.5, 0.6) is 0 Å². The number of amides is 1. The Labute approximate surface area is 174 Å². The van der Waals surface area contributed by atoms with E-state index >= 15 is 0 Å². The Balaban J connectivity index is 1.50. The van der Waals surface area contributed by atoms with Crippen molar-refractivity contribution in [1.29, 1.82) is 0 Å². The zero-order valence-corrected chi connectivity index (χ0v) is 17.6. The first-order valence-corrected chi connectivity index (χ1v) is 10.5. The molecule has 1 amide bonds. The van der Waals surface area contributed by atoms with Gasteiger partial charge in [-0.05, 0) is 48.9 Å². The van der Waals surface area contributed by atoms with Gasteiger partial charge in [0.2, 0.25) is 0 Å². The Morgan fingerprint density at radius 3 is 2.07 bits per heavy atom. The number of esters is 1. The Morgan fingerprint density at radius 1 is 0.889 bits per heavy atom. The number of fused-ring (bicyclic) bond motifs is 1. The average Bonchev–Trinajstić information content (AvgIpc) is 3.22. The van der Waals surface area contributed by atoms with Crippen LogP contribution >= 0.6 is 31.9 Å². The molecule has 4 atom stereocenters. The third kappa shape index (κ3) is 3.83. The summed E-state index contributed by atoms with van der Waals surface area (Å²) in [6.45, 7) is 0. The summed E-state index contributed by atoms with van der Waals surface area (Å²) in [5, 5.41) is 3.08. The van der Waals surface area contributed by atoms with Crippen LogP contribution in [0.1, 0.15) is 33.6 Å². The number of nitrogens with one attached hydrogen (secondary N) is 1. The molecule has 0 aliphatic heterocycles. The number of ether oxygens (including phenoxy) is 1. The first-order chi connectivity index (χ1) is 13.0. The van der Waals surface area contributed by atoms with Crippen LogP contribution < -0.4 is 5.32 Å². The van der Waals surface area contributed by atoms with E-state index in [0.29, 0.717) is 29.4 Å². The lowest BCUT2D eigenvalue weighted by Gasteiger charge is -2.31. The predicted octanol–water partition coefficient (Wildman–Crippen LogP) is 4.54. The molecule has 1 N–H and O–H groups in total. The third-order valence-electron chi connectivity index (χ3n) is 5.43. The molecule has 2 saturated carbocycles. The van der Waals surface area contributed by atoms with Gasteiger partial charge in [0.1, 0.15) is 6.10 Å². The largest absolute Gasteiger partial charge is 0.457 e. The summed E-state index contributed by atoms with van der Waals surface area (Å²) in [5.41, 5.74) is 1.13. The fourth-order valence-corrected chi connectivity index (χ4v) is 5.61. The molecule has 0 unspecified atom stereocenters. The molecule has 6 heteroatoms. The molecule has 0 spiro atoms. The SMILES string of the molecule is O=C(N[C@@H]1C[C@H]2[C@@H](C[C@H]1OC(=O)c1ccccc1)C2(Br)Br)c1ccccc1. The maximum absolute atomic E-state index is 12.6. The van der Waals surface area contributed by atoms with Crippen LogP contribution in [-0.4, -0.2) is 27.3 Å². The molecule has 4 nitrogen and oxygen atoms in total. The van der Waals surface area contributed by atoms with Gasteiger partial charge in [-0.2, -0.15) is 0 Å². The van der Waals surface area contributed by atoms with E-state index < -0.39 is 0 Å². The minimum atomic E-state index is -0.358. The molecule has 0 radical (unpaired) electrons. The number of alkyl halides is 2. The maximum Gasteiger partial charge on any atom is 0.338 e. The number of hydrogen-bond acceptors (Lipinski definition) is 3. The Hall–Kier alpha value is -1.66. The predicted molar refractivity (Wildman–Crippen MR) is 110 cm³/mol. The van der Waals surface area contributed by atoms with Gasteiger partial charge in [0, 0.05) is 5.56 Å². The van der Waals surface area contributed by atoms with Gasteiger partial charge in [0.15, 0.2) is 0 Å². The second kappa shape index (κ2) is 7.40. The summed E-state index contributed by atoms with van der Waals surface area (Å²) in [7, 11) is 0. The summed E-state index contributed by atoms with van der Waals surface area (Å²) in [6, 6.07) is 17.8. The monoisotopic (exact) mass is 491 g/mol. The van der Waals surface area contributed by atoms with Crippen molar-refractivity contribution in [2.75, 3.05) is 0 Å². The molecule has 2 aliphatic carbocycles. The van der Waals surface area contributed by atoms with Crippen molar-refractivity contribution in [3.63, 3.8) is 0 Å². The van der Waals surface area contributed by atoms with E-state index in [9.17, 15) is 9.59 Å². The zero-order valence-electron chi connectivity index (χ0n) is 14.5. The molecule has 2 aromatic carbocycles. The first kappa shape index (κ1) is 18.7. The van der Waals surface area contributed by atoms with Crippen molar-refractivity contribution < 1.29 is 14.3 Å². The molecule has 0 aromatic heterocycles. The van der Waals surface area contributed by atoms with Crippen molar-refractivity contribution in [1.82, 2.24) is 5.32 Å². The molecular weight excluding hydrogens is 474 g/mol. The van der Waals surface area contributed by atoms with Crippen molar-refractivity contribution in [3.8, 4) is 0 Å². The molecule has 0 saturated heterocycles. The third-order valence-corrected chi connectivity index (χ3v) is 7.78. The lowest BCUT2D eigenvalue weighted by Crippen LogP contribution is -2.47. The van der Waals surface area contributed by atoms with Crippen LogP contribution in [0.4, 0.5) is 0 Å². The quantitative estimate of drug-likeness (QED) is 0.503. The second-order valence-corrected chi connectivity index (χ2v) is 10.8. The van der Waals surface area contributed by atoms with E-state index in [1.807, 2.05) is 36.4 Å². The maximum atomic E-state index is 12.6. The highest BCUT2D eigenvalue weighted by atomic mass is 79.9. The summed E-state index contributed by atoms with van der Waals surface area (Å²) in [5.74, 6) is 0.296. The highest BCUT2D eigenvalue weighted by Crippen LogP contribution is 2.67. The zero-order chi connectivity index (χ0) is 19.0. The van der Waals surface area contributed by atoms with Crippen LogP contribution in [0.2, 0.25) is 0 Å². The van der Waals surface area contributed by atoms with E-state index in [2.05, 4.69) is 37.2 Å². The van der Waals surface area contributed by atoms with Gasteiger partial charge in [-0.3, -0.25) is 4.79 Å². The summed E-state index contributed by atoms with van der Waals surface area (Å²) in [6.07, 6.45) is 1.11. The van der Waals surface area contributed by atoms with E-state index in [1.54, 1.807) is 24.3 Å². The molecule has 140 valence electrons. The van der Waals surface area contributed by atoms with E-state index in [1.165, 1.54) is 0 Å². The van der Waals surface area contributed by atoms with Crippen LogP contribution in [-0.2, 0) is 4.74 Å². The number of carbonyl (C=O) groups excluding carboxylic acids is 2. The standard InChI is InChI=1S/C21H19Br2NO3/c22-21(23)15-11-17(24-19(25)13-7-3-1-4-8-13)18(12-16(15)21)27-20(26)14-9-5-2-6-10-14/h1-10,15-18H,11-12H2,(H,24,25)/t15-,16+,17+,18+/m0/s1. The molecule has 0 heterocycles. The van der Waals surface area contributed by atoms with Gasteiger partial charge in [-0.25, -0.2) is 4.79 Å². The fraction of sp³-hybridized carbons (Fsp3) is 0.333. The second-order valence-electron chi connectivity index (χ2n) is 7.11. The number of benzene rings is 2.